The fourth-order valence-electron chi connectivity index (χ4n) is 3.06. The predicted octanol–water partition coefficient (Wildman–Crippen LogP) is 3.30. The first kappa shape index (κ1) is 17.6. The van der Waals surface area contributed by atoms with Crippen LogP contribution in [0.25, 0.3) is 11.1 Å². The fraction of sp³-hybridized carbons (Fsp3) is 0.263. The first-order valence-electron chi connectivity index (χ1n) is 8.25. The van der Waals surface area contributed by atoms with Gasteiger partial charge in [0.25, 0.3) is 0 Å². The summed E-state index contributed by atoms with van der Waals surface area (Å²) in [6.45, 7) is 6.82. The van der Waals surface area contributed by atoms with Gasteiger partial charge in [0.05, 0.1) is 22.5 Å². The molecular weight excluding hydrogens is 332 g/mol. The Labute approximate surface area is 151 Å². The summed E-state index contributed by atoms with van der Waals surface area (Å²) >= 11 is 0. The standard InChI is InChI=1S/C19H20N4O3/c1-11-17(14(4)24)13(3)23(21-11)10-16(25)20-19-18(12(2)22-26-19)15-8-6-5-7-9-15/h5-9H,10H2,1-4H3,(H,20,25). The zero-order chi connectivity index (χ0) is 18.8. The van der Waals surface area contributed by atoms with E-state index in [1.54, 1.807) is 13.8 Å². The van der Waals surface area contributed by atoms with Crippen molar-refractivity contribution in [1.29, 1.82) is 0 Å². The number of Topliss-reactive ketones (excluding diaryl/α,β-unsaturated/α-hetero) is 1. The van der Waals surface area contributed by atoms with E-state index in [9.17, 15) is 9.59 Å². The van der Waals surface area contributed by atoms with Gasteiger partial charge in [-0.3, -0.25) is 19.6 Å². The van der Waals surface area contributed by atoms with Crippen LogP contribution in [0.1, 0.15) is 34.4 Å². The molecule has 26 heavy (non-hydrogen) atoms. The van der Waals surface area contributed by atoms with Gasteiger partial charge in [0.2, 0.25) is 11.8 Å². The van der Waals surface area contributed by atoms with Crippen molar-refractivity contribution in [2.75, 3.05) is 5.32 Å². The van der Waals surface area contributed by atoms with Gasteiger partial charge >= 0.3 is 0 Å². The molecule has 7 heteroatoms. The van der Waals surface area contributed by atoms with E-state index < -0.39 is 0 Å². The highest BCUT2D eigenvalue weighted by atomic mass is 16.5. The van der Waals surface area contributed by atoms with Crippen LogP contribution in [-0.4, -0.2) is 26.6 Å². The number of hydrogen-bond acceptors (Lipinski definition) is 5. The average molecular weight is 352 g/mol. The Balaban J connectivity index is 1.82. The van der Waals surface area contributed by atoms with Gasteiger partial charge in [-0.2, -0.15) is 5.10 Å². The van der Waals surface area contributed by atoms with Crippen molar-refractivity contribution in [2.24, 2.45) is 0 Å². The van der Waals surface area contributed by atoms with Crippen LogP contribution >= 0.6 is 0 Å². The van der Waals surface area contributed by atoms with Crippen molar-refractivity contribution >= 4 is 17.6 Å². The van der Waals surface area contributed by atoms with Crippen molar-refractivity contribution in [3.63, 3.8) is 0 Å². The maximum atomic E-state index is 12.5. The lowest BCUT2D eigenvalue weighted by Gasteiger charge is -2.07. The second-order valence-electron chi connectivity index (χ2n) is 6.15. The molecule has 0 saturated heterocycles. The molecule has 134 valence electrons. The Morgan fingerprint density at radius 2 is 1.81 bits per heavy atom. The molecule has 0 aliphatic heterocycles. The molecule has 0 atom stereocenters. The lowest BCUT2D eigenvalue weighted by Crippen LogP contribution is -2.20. The van der Waals surface area contributed by atoms with Gasteiger partial charge in [0, 0.05) is 5.69 Å². The largest absolute Gasteiger partial charge is 0.337 e. The van der Waals surface area contributed by atoms with Crippen molar-refractivity contribution in [3.8, 4) is 11.1 Å². The summed E-state index contributed by atoms with van der Waals surface area (Å²) in [4.78, 5) is 24.2. The van der Waals surface area contributed by atoms with Crippen LogP contribution in [-0.2, 0) is 11.3 Å². The van der Waals surface area contributed by atoms with Crippen LogP contribution in [0.2, 0.25) is 0 Å². The van der Waals surface area contributed by atoms with E-state index in [0.29, 0.717) is 28.5 Å². The molecule has 7 nitrogen and oxygen atoms in total. The van der Waals surface area contributed by atoms with Gasteiger partial charge < -0.3 is 4.52 Å². The molecule has 1 amide bonds. The molecule has 0 radical (unpaired) electrons. The highest BCUT2D eigenvalue weighted by molar-refractivity contribution is 5.97. The minimum absolute atomic E-state index is 0.0199. The normalized spacial score (nSPS) is 10.8. The van der Waals surface area contributed by atoms with Crippen molar-refractivity contribution < 1.29 is 14.1 Å². The lowest BCUT2D eigenvalue weighted by atomic mass is 10.1. The predicted molar refractivity (Wildman–Crippen MR) is 97.0 cm³/mol. The van der Waals surface area contributed by atoms with E-state index >= 15 is 0 Å². The number of benzene rings is 1. The lowest BCUT2D eigenvalue weighted by molar-refractivity contribution is -0.117. The average Bonchev–Trinajstić information content (AvgIpc) is 3.08. The number of anilines is 1. The quantitative estimate of drug-likeness (QED) is 0.712. The summed E-state index contributed by atoms with van der Waals surface area (Å²) in [5, 5.41) is 11.0. The second-order valence-corrected chi connectivity index (χ2v) is 6.15. The SMILES string of the molecule is CC(=O)c1c(C)nn(CC(=O)Nc2onc(C)c2-c2ccccc2)c1C. The van der Waals surface area contributed by atoms with Crippen LogP contribution in [0, 0.1) is 20.8 Å². The third-order valence-corrected chi connectivity index (χ3v) is 4.21. The molecule has 0 unspecified atom stereocenters. The molecule has 0 saturated carbocycles. The molecular formula is C19H20N4O3. The molecule has 3 rings (SSSR count). The van der Waals surface area contributed by atoms with Gasteiger partial charge in [-0.15, -0.1) is 0 Å². The summed E-state index contributed by atoms with van der Waals surface area (Å²) in [6.07, 6.45) is 0. The molecule has 0 aliphatic carbocycles. The molecule has 3 aromatic rings. The van der Waals surface area contributed by atoms with E-state index in [1.807, 2.05) is 37.3 Å². The number of amides is 1. The summed E-state index contributed by atoms with van der Waals surface area (Å²) in [5.74, 6) is -0.0741. The summed E-state index contributed by atoms with van der Waals surface area (Å²) < 4.78 is 6.81. The molecule has 0 fully saturated rings. The molecule has 0 bridgehead atoms. The molecule has 2 heterocycles. The summed E-state index contributed by atoms with van der Waals surface area (Å²) in [7, 11) is 0. The minimum Gasteiger partial charge on any atom is -0.337 e. The Bertz CT molecular complexity index is 970. The summed E-state index contributed by atoms with van der Waals surface area (Å²) in [5.41, 5.74) is 4.18. The summed E-state index contributed by atoms with van der Waals surface area (Å²) in [6, 6.07) is 9.59. The second kappa shape index (κ2) is 6.95. The number of hydrogen-bond donors (Lipinski definition) is 1. The third kappa shape index (κ3) is 3.28. The van der Waals surface area contributed by atoms with Crippen LogP contribution < -0.4 is 5.32 Å². The Morgan fingerprint density at radius 1 is 1.12 bits per heavy atom. The zero-order valence-corrected chi connectivity index (χ0v) is 15.2. The van der Waals surface area contributed by atoms with Crippen LogP contribution in [0.5, 0.6) is 0 Å². The minimum atomic E-state index is -0.306. The molecule has 1 aromatic carbocycles. The number of carbonyl (C=O) groups excluding carboxylic acids is 2. The number of aryl methyl sites for hydroxylation is 2. The van der Waals surface area contributed by atoms with Gasteiger partial charge in [0.1, 0.15) is 6.54 Å². The van der Waals surface area contributed by atoms with Crippen LogP contribution in [0.4, 0.5) is 5.88 Å². The first-order valence-corrected chi connectivity index (χ1v) is 8.25. The monoisotopic (exact) mass is 352 g/mol. The van der Waals surface area contributed by atoms with Crippen LogP contribution in [0.15, 0.2) is 34.9 Å². The van der Waals surface area contributed by atoms with E-state index in [1.165, 1.54) is 11.6 Å². The van der Waals surface area contributed by atoms with Crippen molar-refractivity contribution in [2.45, 2.75) is 34.2 Å². The van der Waals surface area contributed by atoms with E-state index in [2.05, 4.69) is 15.6 Å². The van der Waals surface area contributed by atoms with Gasteiger partial charge in [-0.25, -0.2) is 0 Å². The number of aromatic nitrogens is 3. The first-order chi connectivity index (χ1) is 12.4. The van der Waals surface area contributed by atoms with Gasteiger partial charge in [0.15, 0.2) is 5.78 Å². The number of carbonyl (C=O) groups is 2. The molecule has 1 N–H and O–H groups in total. The third-order valence-electron chi connectivity index (χ3n) is 4.21. The van der Waals surface area contributed by atoms with E-state index in [0.717, 1.165) is 11.1 Å². The highest BCUT2D eigenvalue weighted by Crippen LogP contribution is 2.31. The maximum absolute atomic E-state index is 12.5. The Hall–Kier alpha value is -3.22. The number of nitrogens with zero attached hydrogens (tertiary/aromatic N) is 3. The maximum Gasteiger partial charge on any atom is 0.248 e. The smallest absolute Gasteiger partial charge is 0.248 e. The van der Waals surface area contributed by atoms with E-state index in [-0.39, 0.29) is 18.2 Å². The Morgan fingerprint density at radius 3 is 2.42 bits per heavy atom. The zero-order valence-electron chi connectivity index (χ0n) is 15.2. The Kier molecular flexibility index (Phi) is 4.71. The van der Waals surface area contributed by atoms with Gasteiger partial charge in [-0.1, -0.05) is 35.5 Å². The van der Waals surface area contributed by atoms with Crippen molar-refractivity contribution in [3.05, 3.63) is 53.0 Å². The van der Waals surface area contributed by atoms with E-state index in [4.69, 9.17) is 4.52 Å². The fourth-order valence-corrected chi connectivity index (χ4v) is 3.06. The number of ketones is 1. The van der Waals surface area contributed by atoms with Crippen molar-refractivity contribution in [1.82, 2.24) is 14.9 Å². The highest BCUT2D eigenvalue weighted by Gasteiger charge is 2.20. The molecule has 2 aromatic heterocycles. The van der Waals surface area contributed by atoms with Gasteiger partial charge in [-0.05, 0) is 33.3 Å². The molecule has 0 spiro atoms. The van der Waals surface area contributed by atoms with Crippen LogP contribution in [0.3, 0.4) is 0 Å². The number of nitrogens with one attached hydrogen (secondary N) is 1. The topological polar surface area (TPSA) is 90.0 Å². The molecule has 0 aliphatic rings. The number of rotatable bonds is 5.